The molecule has 0 aromatic rings. The summed E-state index contributed by atoms with van der Waals surface area (Å²) in [6.45, 7) is 7.89. The minimum atomic E-state index is 0.371. The van der Waals surface area contributed by atoms with Gasteiger partial charge in [-0.25, -0.2) is 4.99 Å². The molecule has 2 nitrogen and oxygen atoms in total. The second-order valence-corrected chi connectivity index (χ2v) is 3.54. The van der Waals surface area contributed by atoms with Gasteiger partial charge in [0, 0.05) is 6.21 Å². The third-order valence-electron chi connectivity index (χ3n) is 2.51. The first-order valence-electron chi connectivity index (χ1n) is 5.31. The van der Waals surface area contributed by atoms with E-state index in [-0.39, 0.29) is 0 Å². The number of allylic oxidation sites excluding steroid dienone is 2. The maximum Gasteiger partial charge on any atom is 0.205 e. The Balaban J connectivity index is 2.31. The van der Waals surface area contributed by atoms with Crippen molar-refractivity contribution in [2.45, 2.75) is 45.6 Å². The molecule has 0 N–H and O–H groups in total. The van der Waals surface area contributed by atoms with Crippen molar-refractivity contribution in [2.75, 3.05) is 0 Å². The first kappa shape index (κ1) is 11.0. The largest absolute Gasteiger partial charge is 0.475 e. The topological polar surface area (TPSA) is 21.6 Å². The Morgan fingerprint density at radius 1 is 1.57 bits per heavy atom. The molecule has 0 spiro atoms. The highest BCUT2D eigenvalue weighted by Crippen LogP contribution is 2.24. The van der Waals surface area contributed by atoms with Crippen molar-refractivity contribution in [3.05, 3.63) is 24.1 Å². The highest BCUT2D eigenvalue weighted by atomic mass is 16.5. The third kappa shape index (κ3) is 3.36. The lowest BCUT2D eigenvalue weighted by Gasteiger charge is -2.25. The van der Waals surface area contributed by atoms with E-state index in [1.165, 1.54) is 12.0 Å². The lowest BCUT2D eigenvalue weighted by atomic mass is 9.96. The van der Waals surface area contributed by atoms with E-state index in [0.29, 0.717) is 12.0 Å². The van der Waals surface area contributed by atoms with Gasteiger partial charge in [0.05, 0.1) is 0 Å². The molecule has 0 saturated heterocycles. The van der Waals surface area contributed by atoms with Gasteiger partial charge >= 0.3 is 0 Å². The fraction of sp³-hybridized carbons (Fsp3) is 0.583. The lowest BCUT2D eigenvalue weighted by molar-refractivity contribution is 0.0523. The third-order valence-corrected chi connectivity index (χ3v) is 2.51. The van der Waals surface area contributed by atoms with Gasteiger partial charge in [-0.2, -0.15) is 0 Å². The molecular formula is C12H19NO. The molecular weight excluding hydrogens is 174 g/mol. The molecule has 1 fully saturated rings. The summed E-state index contributed by atoms with van der Waals surface area (Å²) in [7, 11) is 0. The zero-order valence-electron chi connectivity index (χ0n) is 9.12. The van der Waals surface area contributed by atoms with Crippen molar-refractivity contribution in [3.8, 4) is 0 Å². The molecule has 0 unspecified atom stereocenters. The van der Waals surface area contributed by atoms with Crippen LogP contribution in [0.4, 0.5) is 0 Å². The minimum Gasteiger partial charge on any atom is -0.475 e. The van der Waals surface area contributed by atoms with Crippen molar-refractivity contribution in [3.63, 3.8) is 0 Å². The summed E-state index contributed by atoms with van der Waals surface area (Å²) in [4.78, 5) is 4.18. The summed E-state index contributed by atoms with van der Waals surface area (Å²) in [5.41, 5.74) is 1.21. The molecule has 0 heterocycles. The number of hydrogen-bond donors (Lipinski definition) is 0. The van der Waals surface area contributed by atoms with Crippen LogP contribution in [0, 0.1) is 0 Å². The molecule has 2 heteroatoms. The average molecular weight is 193 g/mol. The number of ether oxygens (including phenoxy) is 1. The van der Waals surface area contributed by atoms with E-state index in [0.717, 1.165) is 19.3 Å². The van der Waals surface area contributed by atoms with Crippen LogP contribution in [-0.2, 0) is 4.74 Å². The van der Waals surface area contributed by atoms with Gasteiger partial charge in [-0.15, -0.1) is 0 Å². The number of nitrogens with zero attached hydrogens (tertiary/aromatic N) is 1. The van der Waals surface area contributed by atoms with Crippen molar-refractivity contribution < 1.29 is 4.74 Å². The van der Waals surface area contributed by atoms with Gasteiger partial charge < -0.3 is 4.74 Å². The summed E-state index contributed by atoms with van der Waals surface area (Å²) in [5.74, 6) is 0.544. The standard InChI is InChI=1S/C12H19NO/c1-4-11(5-2)9-13-10(3)14-12-7-6-8-12/h4,9,12H,3,5-8H2,1-2H3/b11-4-,13-9-. The average Bonchev–Trinajstić information content (AvgIpc) is 2.13. The van der Waals surface area contributed by atoms with Crippen LogP contribution in [0.2, 0.25) is 0 Å². The predicted molar refractivity (Wildman–Crippen MR) is 60.4 cm³/mol. The second kappa shape index (κ2) is 5.63. The van der Waals surface area contributed by atoms with Crippen molar-refractivity contribution >= 4 is 6.21 Å². The zero-order chi connectivity index (χ0) is 10.4. The first-order valence-corrected chi connectivity index (χ1v) is 5.31. The first-order chi connectivity index (χ1) is 6.76. The van der Waals surface area contributed by atoms with Gasteiger partial charge in [0.1, 0.15) is 6.10 Å². The maximum absolute atomic E-state index is 5.51. The van der Waals surface area contributed by atoms with Crippen molar-refractivity contribution in [1.82, 2.24) is 0 Å². The Kier molecular flexibility index (Phi) is 4.44. The molecule has 0 bridgehead atoms. The smallest absolute Gasteiger partial charge is 0.205 e. The van der Waals surface area contributed by atoms with Crippen LogP contribution >= 0.6 is 0 Å². The molecule has 0 radical (unpaired) electrons. The van der Waals surface area contributed by atoms with E-state index in [1.54, 1.807) is 0 Å². The Morgan fingerprint density at radius 3 is 2.71 bits per heavy atom. The molecule has 0 aromatic carbocycles. The minimum absolute atomic E-state index is 0.371. The zero-order valence-corrected chi connectivity index (χ0v) is 9.12. The van der Waals surface area contributed by atoms with E-state index in [1.807, 2.05) is 13.1 Å². The van der Waals surface area contributed by atoms with Crippen LogP contribution in [-0.4, -0.2) is 12.3 Å². The number of rotatable bonds is 5. The molecule has 1 aliphatic rings. The molecule has 14 heavy (non-hydrogen) atoms. The molecule has 1 aliphatic carbocycles. The summed E-state index contributed by atoms with van der Waals surface area (Å²) in [6.07, 6.45) is 8.84. The normalized spacial score (nSPS) is 18.3. The highest BCUT2D eigenvalue weighted by molar-refractivity contribution is 5.78. The molecule has 0 aromatic heterocycles. The molecule has 78 valence electrons. The number of hydrogen-bond acceptors (Lipinski definition) is 2. The van der Waals surface area contributed by atoms with Crippen LogP contribution in [0.5, 0.6) is 0 Å². The van der Waals surface area contributed by atoms with Gasteiger partial charge in [0.2, 0.25) is 5.88 Å². The Hall–Kier alpha value is -1.05. The molecule has 1 rings (SSSR count). The quantitative estimate of drug-likeness (QED) is 0.484. The van der Waals surface area contributed by atoms with E-state index in [9.17, 15) is 0 Å². The van der Waals surface area contributed by atoms with Crippen molar-refractivity contribution in [1.29, 1.82) is 0 Å². The summed E-state index contributed by atoms with van der Waals surface area (Å²) < 4.78 is 5.51. The Morgan fingerprint density at radius 2 is 2.29 bits per heavy atom. The summed E-state index contributed by atoms with van der Waals surface area (Å²) in [6, 6.07) is 0. The molecule has 0 atom stereocenters. The van der Waals surface area contributed by atoms with Gasteiger partial charge in [-0.05, 0) is 44.8 Å². The monoisotopic (exact) mass is 193 g/mol. The lowest BCUT2D eigenvalue weighted by Crippen LogP contribution is -2.20. The summed E-state index contributed by atoms with van der Waals surface area (Å²) >= 11 is 0. The van der Waals surface area contributed by atoms with Crippen LogP contribution in [0.1, 0.15) is 39.5 Å². The van der Waals surface area contributed by atoms with Gasteiger partial charge in [-0.1, -0.05) is 13.0 Å². The fourth-order valence-electron chi connectivity index (χ4n) is 1.24. The summed E-state index contributed by atoms with van der Waals surface area (Å²) in [5, 5.41) is 0. The highest BCUT2D eigenvalue weighted by Gasteiger charge is 2.18. The SMILES string of the molecule is C=C(/N=C\C(=C/C)CC)OC1CCC1. The van der Waals surface area contributed by atoms with E-state index in [2.05, 4.69) is 24.6 Å². The van der Waals surface area contributed by atoms with Crippen molar-refractivity contribution in [2.24, 2.45) is 4.99 Å². The maximum atomic E-state index is 5.51. The van der Waals surface area contributed by atoms with E-state index >= 15 is 0 Å². The number of aliphatic imine (C=N–C) groups is 1. The molecule has 0 aliphatic heterocycles. The second-order valence-electron chi connectivity index (χ2n) is 3.54. The Labute approximate surface area is 86.4 Å². The molecule has 1 saturated carbocycles. The van der Waals surface area contributed by atoms with Crippen LogP contribution in [0.3, 0.4) is 0 Å². The Bertz CT molecular complexity index is 249. The van der Waals surface area contributed by atoms with Crippen LogP contribution in [0.25, 0.3) is 0 Å². The van der Waals surface area contributed by atoms with Gasteiger partial charge in [0.15, 0.2) is 0 Å². The van der Waals surface area contributed by atoms with Crippen LogP contribution in [0.15, 0.2) is 29.1 Å². The molecule has 0 amide bonds. The van der Waals surface area contributed by atoms with E-state index in [4.69, 9.17) is 4.74 Å². The van der Waals surface area contributed by atoms with E-state index < -0.39 is 0 Å². The van der Waals surface area contributed by atoms with Gasteiger partial charge in [-0.3, -0.25) is 0 Å². The van der Waals surface area contributed by atoms with Gasteiger partial charge in [0.25, 0.3) is 0 Å². The van der Waals surface area contributed by atoms with Crippen LogP contribution < -0.4 is 0 Å². The fourth-order valence-corrected chi connectivity index (χ4v) is 1.24. The predicted octanol–water partition coefficient (Wildman–Crippen LogP) is 3.45.